The second-order valence-corrected chi connectivity index (χ2v) is 6.73. The van der Waals surface area contributed by atoms with Crippen molar-refractivity contribution in [2.75, 3.05) is 0 Å². The molecule has 6 aromatic rings. The zero-order valence-electron chi connectivity index (χ0n) is 14.9. The molecule has 0 aliphatic carbocycles. The average Bonchev–Trinajstić information content (AvgIpc) is 3.33. The van der Waals surface area contributed by atoms with Gasteiger partial charge in [0.05, 0.1) is 16.7 Å². The van der Waals surface area contributed by atoms with Crippen molar-refractivity contribution in [1.82, 2.24) is 23.9 Å². The number of nitrogens with zero attached hydrogens (tertiary/aromatic N) is 5. The molecule has 0 N–H and O–H groups in total. The van der Waals surface area contributed by atoms with Gasteiger partial charge < -0.3 is 4.40 Å². The van der Waals surface area contributed by atoms with E-state index in [0.29, 0.717) is 5.95 Å². The fraction of sp³-hybridized carbons (Fsp3) is 0. The largest absolute Gasteiger partial charge is 0.306 e. The quantitative estimate of drug-likeness (QED) is 0.441. The van der Waals surface area contributed by atoms with E-state index in [-0.39, 0.29) is 0 Å². The zero-order valence-corrected chi connectivity index (χ0v) is 14.9. The average molecular weight is 361 g/mol. The molecular formula is C23H15N5. The maximum Gasteiger partial charge on any atom is 0.234 e. The molecule has 0 aliphatic rings. The highest BCUT2D eigenvalue weighted by molar-refractivity contribution is 6.08. The Morgan fingerprint density at radius 2 is 1.32 bits per heavy atom. The molecule has 0 radical (unpaired) electrons. The van der Waals surface area contributed by atoms with Gasteiger partial charge in [0.15, 0.2) is 0 Å². The third kappa shape index (κ3) is 2.16. The lowest BCUT2D eigenvalue weighted by Crippen LogP contribution is -2.00. The number of fused-ring (bicyclic) bond motifs is 4. The Morgan fingerprint density at radius 3 is 2.00 bits per heavy atom. The van der Waals surface area contributed by atoms with Crippen LogP contribution in [0.5, 0.6) is 0 Å². The lowest BCUT2D eigenvalue weighted by Gasteiger charge is -2.05. The molecule has 132 valence electrons. The Balaban J connectivity index is 1.52. The van der Waals surface area contributed by atoms with Gasteiger partial charge in [-0.3, -0.25) is 4.57 Å². The Hall–Kier alpha value is -3.99. The standard InChI is InChI=1S/C23H15N5/c1-3-9-20-17(7-1)18-8-2-4-10-21(18)28(20)23-24-13-16(14-25-23)19-15-27-12-6-5-11-22(27)26-19/h1-15H. The molecule has 4 heterocycles. The summed E-state index contributed by atoms with van der Waals surface area (Å²) in [7, 11) is 0. The first-order valence-electron chi connectivity index (χ1n) is 9.13. The van der Waals surface area contributed by atoms with Crippen LogP contribution in [-0.4, -0.2) is 23.9 Å². The van der Waals surface area contributed by atoms with Crippen LogP contribution in [0, 0.1) is 0 Å². The van der Waals surface area contributed by atoms with Crippen LogP contribution in [0.1, 0.15) is 0 Å². The van der Waals surface area contributed by atoms with Crippen molar-refractivity contribution >= 4 is 27.5 Å². The summed E-state index contributed by atoms with van der Waals surface area (Å²) in [5.74, 6) is 0.657. The van der Waals surface area contributed by atoms with E-state index >= 15 is 0 Å². The van der Waals surface area contributed by atoms with Gasteiger partial charge in [-0.25, -0.2) is 15.0 Å². The van der Waals surface area contributed by atoms with Crippen LogP contribution >= 0.6 is 0 Å². The fourth-order valence-corrected chi connectivity index (χ4v) is 3.78. The van der Waals surface area contributed by atoms with Crippen molar-refractivity contribution in [2.24, 2.45) is 0 Å². The van der Waals surface area contributed by atoms with Crippen molar-refractivity contribution < 1.29 is 0 Å². The number of hydrogen-bond donors (Lipinski definition) is 0. The number of benzene rings is 2. The van der Waals surface area contributed by atoms with Gasteiger partial charge in [-0.1, -0.05) is 42.5 Å². The molecule has 0 aliphatic heterocycles. The highest BCUT2D eigenvalue weighted by atomic mass is 15.1. The first kappa shape index (κ1) is 15.1. The van der Waals surface area contributed by atoms with Gasteiger partial charge in [0.25, 0.3) is 0 Å². The molecule has 0 amide bonds. The Labute approximate surface area is 160 Å². The molecule has 0 atom stereocenters. The van der Waals surface area contributed by atoms with Crippen LogP contribution in [0.4, 0.5) is 0 Å². The number of rotatable bonds is 2. The summed E-state index contributed by atoms with van der Waals surface area (Å²) >= 11 is 0. The third-order valence-corrected chi connectivity index (χ3v) is 5.08. The predicted molar refractivity (Wildman–Crippen MR) is 111 cm³/mol. The molecule has 0 bridgehead atoms. The summed E-state index contributed by atoms with van der Waals surface area (Å²) < 4.78 is 4.11. The molecule has 0 saturated carbocycles. The molecule has 0 fully saturated rings. The zero-order chi connectivity index (χ0) is 18.5. The van der Waals surface area contributed by atoms with Crippen LogP contribution in [0.3, 0.4) is 0 Å². The van der Waals surface area contributed by atoms with Crippen molar-refractivity contribution in [1.29, 1.82) is 0 Å². The summed E-state index contributed by atoms with van der Waals surface area (Å²) in [6, 6.07) is 22.7. The summed E-state index contributed by atoms with van der Waals surface area (Å²) in [5, 5.41) is 2.40. The topological polar surface area (TPSA) is 48.0 Å². The highest BCUT2D eigenvalue weighted by Crippen LogP contribution is 2.30. The maximum absolute atomic E-state index is 4.67. The second kappa shape index (κ2) is 5.76. The van der Waals surface area contributed by atoms with Gasteiger partial charge in [0, 0.05) is 41.1 Å². The minimum Gasteiger partial charge on any atom is -0.306 e. The maximum atomic E-state index is 4.67. The van der Waals surface area contributed by atoms with Crippen LogP contribution in [-0.2, 0) is 0 Å². The number of hydrogen-bond acceptors (Lipinski definition) is 3. The molecule has 0 spiro atoms. The summed E-state index contributed by atoms with van der Waals surface area (Å²) in [6.45, 7) is 0. The summed E-state index contributed by atoms with van der Waals surface area (Å²) in [6.07, 6.45) is 7.66. The van der Waals surface area contributed by atoms with E-state index in [4.69, 9.17) is 0 Å². The monoisotopic (exact) mass is 361 g/mol. The SMILES string of the molecule is c1ccc2c(c1)c1ccccc1n2-c1ncc(-c2cn3ccccc3n2)cn1. The van der Waals surface area contributed by atoms with Gasteiger partial charge in [-0.2, -0.15) is 0 Å². The van der Waals surface area contributed by atoms with Crippen molar-refractivity contribution in [2.45, 2.75) is 0 Å². The highest BCUT2D eigenvalue weighted by Gasteiger charge is 2.13. The van der Waals surface area contributed by atoms with Gasteiger partial charge in [0.1, 0.15) is 5.65 Å². The lowest BCUT2D eigenvalue weighted by atomic mass is 10.2. The second-order valence-electron chi connectivity index (χ2n) is 6.73. The number of aromatic nitrogens is 5. The molecular weight excluding hydrogens is 346 g/mol. The van der Waals surface area contributed by atoms with Crippen LogP contribution in [0.15, 0.2) is 91.5 Å². The summed E-state index contributed by atoms with van der Waals surface area (Å²) in [4.78, 5) is 14.0. The molecule has 0 unspecified atom stereocenters. The Morgan fingerprint density at radius 1 is 0.679 bits per heavy atom. The van der Waals surface area contributed by atoms with Crippen LogP contribution in [0.25, 0.3) is 44.7 Å². The number of imidazole rings is 1. The van der Waals surface area contributed by atoms with Gasteiger partial charge in [-0.15, -0.1) is 0 Å². The number of para-hydroxylation sites is 2. The first-order chi connectivity index (χ1) is 13.9. The van der Waals surface area contributed by atoms with E-state index in [1.54, 1.807) is 0 Å². The molecule has 5 nitrogen and oxygen atoms in total. The molecule has 2 aromatic carbocycles. The van der Waals surface area contributed by atoms with E-state index in [1.165, 1.54) is 10.8 Å². The Kier molecular flexibility index (Phi) is 3.10. The van der Waals surface area contributed by atoms with Crippen molar-refractivity contribution in [3.05, 3.63) is 91.5 Å². The van der Waals surface area contributed by atoms with Gasteiger partial charge >= 0.3 is 0 Å². The van der Waals surface area contributed by atoms with E-state index < -0.39 is 0 Å². The molecule has 28 heavy (non-hydrogen) atoms. The fourth-order valence-electron chi connectivity index (χ4n) is 3.78. The molecule has 6 rings (SSSR count). The van der Waals surface area contributed by atoms with E-state index in [9.17, 15) is 0 Å². The van der Waals surface area contributed by atoms with Crippen molar-refractivity contribution in [3.8, 4) is 17.2 Å². The van der Waals surface area contributed by atoms with E-state index in [0.717, 1.165) is 27.9 Å². The van der Waals surface area contributed by atoms with Crippen LogP contribution in [0.2, 0.25) is 0 Å². The Bertz CT molecular complexity index is 1370. The minimum atomic E-state index is 0.657. The van der Waals surface area contributed by atoms with Crippen LogP contribution < -0.4 is 0 Å². The lowest BCUT2D eigenvalue weighted by molar-refractivity contribution is 0.989. The predicted octanol–water partition coefficient (Wildman–Crippen LogP) is 4.89. The minimum absolute atomic E-state index is 0.657. The molecule has 5 heteroatoms. The molecule has 4 aromatic heterocycles. The third-order valence-electron chi connectivity index (χ3n) is 5.08. The van der Waals surface area contributed by atoms with Gasteiger partial charge in [0.2, 0.25) is 5.95 Å². The normalized spacial score (nSPS) is 11.6. The van der Waals surface area contributed by atoms with Crippen molar-refractivity contribution in [3.63, 3.8) is 0 Å². The molecule has 0 saturated heterocycles. The number of pyridine rings is 1. The van der Waals surface area contributed by atoms with E-state index in [2.05, 4.69) is 55.9 Å². The smallest absolute Gasteiger partial charge is 0.234 e. The summed E-state index contributed by atoms with van der Waals surface area (Å²) in [5.41, 5.74) is 4.87. The first-order valence-corrected chi connectivity index (χ1v) is 9.13. The van der Waals surface area contributed by atoms with Gasteiger partial charge in [-0.05, 0) is 24.3 Å². The van der Waals surface area contributed by atoms with E-state index in [1.807, 2.05) is 59.5 Å².